The molecule has 0 spiro atoms. The topological polar surface area (TPSA) is 86.5 Å². The van der Waals surface area contributed by atoms with Crippen LogP contribution in [0, 0.1) is 5.82 Å². The van der Waals surface area contributed by atoms with Gasteiger partial charge in [-0.15, -0.1) is 0 Å². The molecule has 0 radical (unpaired) electrons. The van der Waals surface area contributed by atoms with E-state index < -0.39 is 26.9 Å². The molecule has 0 aliphatic carbocycles. The van der Waals surface area contributed by atoms with Gasteiger partial charge in [0.25, 0.3) is 0 Å². The Balaban J connectivity index is 2.62. The zero-order valence-electron chi connectivity index (χ0n) is 10.7. The molecule has 1 aromatic carbocycles. The summed E-state index contributed by atoms with van der Waals surface area (Å²) in [5, 5.41) is -0.526. The van der Waals surface area contributed by atoms with Gasteiger partial charge in [0.05, 0.1) is 16.6 Å². The van der Waals surface area contributed by atoms with Crippen molar-refractivity contribution in [3.63, 3.8) is 0 Å². The fourth-order valence-corrected chi connectivity index (χ4v) is 2.07. The summed E-state index contributed by atoms with van der Waals surface area (Å²) in [5.74, 6) is -1.58. The molecule has 0 aliphatic heterocycles. The van der Waals surface area contributed by atoms with Gasteiger partial charge in [-0.25, -0.2) is 17.6 Å². The Morgan fingerprint density at radius 1 is 1.42 bits per heavy atom. The molecule has 1 aromatic rings. The first-order valence-electron chi connectivity index (χ1n) is 5.68. The highest BCUT2D eigenvalue weighted by molar-refractivity contribution is 7.91. The molecular weight excluding hydrogens is 273 g/mol. The molecule has 0 saturated carbocycles. The number of esters is 1. The monoisotopic (exact) mass is 289 g/mol. The van der Waals surface area contributed by atoms with Gasteiger partial charge in [0.1, 0.15) is 12.4 Å². The van der Waals surface area contributed by atoms with Crippen molar-refractivity contribution in [1.29, 1.82) is 0 Å². The van der Waals surface area contributed by atoms with Crippen LogP contribution in [-0.4, -0.2) is 32.0 Å². The van der Waals surface area contributed by atoms with E-state index in [-0.39, 0.29) is 23.6 Å². The van der Waals surface area contributed by atoms with Crippen LogP contribution in [0.5, 0.6) is 0 Å². The molecule has 0 bridgehead atoms. The van der Waals surface area contributed by atoms with E-state index in [4.69, 9.17) is 10.5 Å². The number of hydrogen-bond acceptors (Lipinski definition) is 5. The van der Waals surface area contributed by atoms with Crippen LogP contribution in [0.25, 0.3) is 0 Å². The Kier molecular flexibility index (Phi) is 4.88. The lowest BCUT2D eigenvalue weighted by Gasteiger charge is -2.09. The standard InChI is InChI=1S/C12H16FNO4S/c1-8(2)19(16,17)6-5-18-12(15)10-4-3-9(13)7-11(10)14/h3-4,7-8H,5-6,14H2,1-2H3. The number of halogens is 1. The number of rotatable bonds is 5. The number of benzene rings is 1. The van der Waals surface area contributed by atoms with Gasteiger partial charge in [-0.05, 0) is 32.0 Å². The minimum absolute atomic E-state index is 0.0170. The third-order valence-electron chi connectivity index (χ3n) is 2.55. The van der Waals surface area contributed by atoms with Crippen molar-refractivity contribution < 1.29 is 22.3 Å². The summed E-state index contributed by atoms with van der Waals surface area (Å²) in [6, 6.07) is 3.28. The quantitative estimate of drug-likeness (QED) is 0.654. The van der Waals surface area contributed by atoms with Gasteiger partial charge < -0.3 is 10.5 Å². The zero-order chi connectivity index (χ0) is 14.6. The Morgan fingerprint density at radius 3 is 2.58 bits per heavy atom. The maximum atomic E-state index is 12.8. The molecule has 5 nitrogen and oxygen atoms in total. The first kappa shape index (κ1) is 15.4. The van der Waals surface area contributed by atoms with Gasteiger partial charge in [0.15, 0.2) is 9.84 Å². The maximum absolute atomic E-state index is 12.8. The average Bonchev–Trinajstić information content (AvgIpc) is 2.28. The summed E-state index contributed by atoms with van der Waals surface area (Å²) in [6.07, 6.45) is 0. The van der Waals surface area contributed by atoms with Crippen LogP contribution in [0.4, 0.5) is 10.1 Å². The third kappa shape index (κ3) is 4.20. The van der Waals surface area contributed by atoms with Crippen LogP contribution in [0.2, 0.25) is 0 Å². The second kappa shape index (κ2) is 6.01. The number of carbonyl (C=O) groups is 1. The fraction of sp³-hybridized carbons (Fsp3) is 0.417. The molecule has 0 aromatic heterocycles. The van der Waals surface area contributed by atoms with Gasteiger partial charge >= 0.3 is 5.97 Å². The number of sulfone groups is 1. The molecular formula is C12H16FNO4S. The van der Waals surface area contributed by atoms with Crippen molar-refractivity contribution in [2.75, 3.05) is 18.1 Å². The van der Waals surface area contributed by atoms with Crippen molar-refractivity contribution in [3.05, 3.63) is 29.6 Å². The van der Waals surface area contributed by atoms with E-state index in [2.05, 4.69) is 0 Å². The number of carbonyl (C=O) groups excluding carboxylic acids is 1. The first-order chi connectivity index (χ1) is 8.74. The number of ether oxygens (including phenoxy) is 1. The van der Waals surface area contributed by atoms with Gasteiger partial charge in [-0.1, -0.05) is 0 Å². The molecule has 0 unspecified atom stereocenters. The van der Waals surface area contributed by atoms with Gasteiger partial charge in [0, 0.05) is 5.69 Å². The average molecular weight is 289 g/mol. The van der Waals surface area contributed by atoms with Crippen molar-refractivity contribution >= 4 is 21.5 Å². The Hall–Kier alpha value is -1.63. The highest BCUT2D eigenvalue weighted by Gasteiger charge is 2.18. The molecule has 7 heteroatoms. The number of hydrogen-bond donors (Lipinski definition) is 1. The normalized spacial score (nSPS) is 11.6. The maximum Gasteiger partial charge on any atom is 0.340 e. The predicted octanol–water partition coefficient (Wildman–Crippen LogP) is 1.39. The SMILES string of the molecule is CC(C)S(=O)(=O)CCOC(=O)c1ccc(F)cc1N. The summed E-state index contributed by atoms with van der Waals surface area (Å²) in [6.45, 7) is 2.85. The minimum atomic E-state index is -3.26. The van der Waals surface area contributed by atoms with E-state index in [0.717, 1.165) is 12.1 Å². The summed E-state index contributed by atoms with van der Waals surface area (Å²) in [5.41, 5.74) is 5.44. The smallest absolute Gasteiger partial charge is 0.340 e. The molecule has 0 amide bonds. The van der Waals surface area contributed by atoms with E-state index in [9.17, 15) is 17.6 Å². The zero-order valence-corrected chi connectivity index (χ0v) is 11.5. The number of nitrogen functional groups attached to an aromatic ring is 1. The van der Waals surface area contributed by atoms with Crippen molar-refractivity contribution in [2.45, 2.75) is 19.1 Å². The van der Waals surface area contributed by atoms with E-state index in [0.29, 0.717) is 0 Å². The van der Waals surface area contributed by atoms with E-state index >= 15 is 0 Å². The van der Waals surface area contributed by atoms with Crippen LogP contribution >= 0.6 is 0 Å². The first-order valence-corrected chi connectivity index (χ1v) is 7.39. The van der Waals surface area contributed by atoms with Gasteiger partial charge in [-0.2, -0.15) is 0 Å². The number of nitrogens with two attached hydrogens (primary N) is 1. The molecule has 0 fully saturated rings. The number of anilines is 1. The summed E-state index contributed by atoms with van der Waals surface area (Å²) < 4.78 is 40.6. The lowest BCUT2D eigenvalue weighted by molar-refractivity contribution is 0.0530. The van der Waals surface area contributed by atoms with Crippen molar-refractivity contribution in [2.24, 2.45) is 0 Å². The molecule has 0 heterocycles. The van der Waals surface area contributed by atoms with E-state index in [1.54, 1.807) is 13.8 Å². The van der Waals surface area contributed by atoms with E-state index in [1.165, 1.54) is 6.07 Å². The third-order valence-corrected chi connectivity index (χ3v) is 4.72. The largest absolute Gasteiger partial charge is 0.461 e. The Bertz CT molecular complexity index is 569. The van der Waals surface area contributed by atoms with E-state index in [1.807, 2.05) is 0 Å². The van der Waals surface area contributed by atoms with Gasteiger partial charge in [-0.3, -0.25) is 0 Å². The molecule has 0 atom stereocenters. The fourth-order valence-electron chi connectivity index (χ4n) is 1.28. The molecule has 1 rings (SSSR count). The highest BCUT2D eigenvalue weighted by atomic mass is 32.2. The lowest BCUT2D eigenvalue weighted by atomic mass is 10.2. The highest BCUT2D eigenvalue weighted by Crippen LogP contribution is 2.14. The lowest BCUT2D eigenvalue weighted by Crippen LogP contribution is -2.22. The van der Waals surface area contributed by atoms with Crippen LogP contribution in [-0.2, 0) is 14.6 Å². The molecule has 106 valence electrons. The Labute approximate surface area is 111 Å². The van der Waals surface area contributed by atoms with Crippen LogP contribution in [0.15, 0.2) is 18.2 Å². The predicted molar refractivity (Wildman–Crippen MR) is 70.0 cm³/mol. The summed E-state index contributed by atoms with van der Waals surface area (Å²) in [4.78, 5) is 11.6. The second-order valence-corrected chi connectivity index (χ2v) is 6.96. The molecule has 2 N–H and O–H groups in total. The molecule has 0 aliphatic rings. The van der Waals surface area contributed by atoms with Gasteiger partial charge in [0.2, 0.25) is 0 Å². The second-order valence-electron chi connectivity index (χ2n) is 4.28. The van der Waals surface area contributed by atoms with Crippen molar-refractivity contribution in [1.82, 2.24) is 0 Å². The summed E-state index contributed by atoms with van der Waals surface area (Å²) >= 11 is 0. The van der Waals surface area contributed by atoms with Crippen LogP contribution in [0.1, 0.15) is 24.2 Å². The molecule has 19 heavy (non-hydrogen) atoms. The van der Waals surface area contributed by atoms with Crippen LogP contribution < -0.4 is 5.73 Å². The van der Waals surface area contributed by atoms with Crippen LogP contribution in [0.3, 0.4) is 0 Å². The summed E-state index contributed by atoms with van der Waals surface area (Å²) in [7, 11) is -3.26. The molecule has 0 saturated heterocycles. The van der Waals surface area contributed by atoms with Crippen molar-refractivity contribution in [3.8, 4) is 0 Å². The Morgan fingerprint density at radius 2 is 2.05 bits per heavy atom. The minimum Gasteiger partial charge on any atom is -0.461 e.